The van der Waals surface area contributed by atoms with E-state index in [0.29, 0.717) is 30.6 Å². The highest BCUT2D eigenvalue weighted by Crippen LogP contribution is 2.28. The van der Waals surface area contributed by atoms with Crippen LogP contribution >= 0.6 is 0 Å². The zero-order valence-corrected chi connectivity index (χ0v) is 20.5. The number of carbonyl (C=O) groups is 4. The fourth-order valence-electron chi connectivity index (χ4n) is 5.10. The predicted molar refractivity (Wildman–Crippen MR) is 133 cm³/mol. The van der Waals surface area contributed by atoms with Crippen molar-refractivity contribution in [3.8, 4) is 0 Å². The van der Waals surface area contributed by atoms with Crippen molar-refractivity contribution in [1.29, 1.82) is 0 Å². The molecule has 36 heavy (non-hydrogen) atoms. The number of piperazine rings is 1. The smallest absolute Gasteiger partial charge is 0.255 e. The molecule has 3 aliphatic rings. The van der Waals surface area contributed by atoms with Crippen LogP contribution in [0.3, 0.4) is 0 Å². The Morgan fingerprint density at radius 2 is 1.83 bits per heavy atom. The lowest BCUT2D eigenvalue weighted by Gasteiger charge is -2.32. The third-order valence-electron chi connectivity index (χ3n) is 7.23. The van der Waals surface area contributed by atoms with Gasteiger partial charge in [0.1, 0.15) is 6.04 Å². The first-order valence-corrected chi connectivity index (χ1v) is 12.4. The average Bonchev–Trinajstić information content (AvgIpc) is 3.19. The molecule has 3 heterocycles. The average molecular weight is 490 g/mol. The molecular formula is C27H31N5O4. The molecule has 5 rings (SSSR count). The predicted octanol–water partition coefficient (Wildman–Crippen LogP) is 1.13. The Morgan fingerprint density at radius 3 is 2.61 bits per heavy atom. The van der Waals surface area contributed by atoms with Gasteiger partial charge in [-0.1, -0.05) is 24.3 Å². The molecule has 0 aromatic heterocycles. The molecule has 0 aliphatic carbocycles. The van der Waals surface area contributed by atoms with Crippen LogP contribution in [0.15, 0.2) is 42.5 Å². The molecule has 2 fully saturated rings. The zero-order chi connectivity index (χ0) is 25.2. The summed E-state index contributed by atoms with van der Waals surface area (Å²) in [6.45, 7) is 5.63. The van der Waals surface area contributed by atoms with Gasteiger partial charge in [-0.25, -0.2) is 0 Å². The molecule has 188 valence electrons. The van der Waals surface area contributed by atoms with Crippen LogP contribution in [0.1, 0.15) is 50.2 Å². The lowest BCUT2D eigenvalue weighted by atomic mass is 10.0. The van der Waals surface area contributed by atoms with Crippen molar-refractivity contribution >= 4 is 23.6 Å². The van der Waals surface area contributed by atoms with Crippen molar-refractivity contribution in [2.45, 2.75) is 38.5 Å². The third kappa shape index (κ3) is 5.17. The van der Waals surface area contributed by atoms with Crippen LogP contribution in [0, 0.1) is 0 Å². The molecule has 1 atom stereocenters. The molecule has 9 heteroatoms. The molecule has 2 N–H and O–H groups in total. The summed E-state index contributed by atoms with van der Waals surface area (Å²) in [5.74, 6) is -1.07. The monoisotopic (exact) mass is 489 g/mol. The van der Waals surface area contributed by atoms with E-state index in [1.54, 1.807) is 6.07 Å². The van der Waals surface area contributed by atoms with Crippen LogP contribution in [-0.4, -0.2) is 77.6 Å². The number of nitrogens with zero attached hydrogens (tertiary/aromatic N) is 3. The lowest BCUT2D eigenvalue weighted by molar-refractivity contribution is -0.136. The molecule has 2 aromatic carbocycles. The minimum atomic E-state index is -0.635. The normalized spacial score (nSPS) is 20.9. The Morgan fingerprint density at radius 1 is 1.03 bits per heavy atom. The van der Waals surface area contributed by atoms with Gasteiger partial charge in [-0.2, -0.15) is 0 Å². The zero-order valence-electron chi connectivity index (χ0n) is 20.5. The maximum atomic E-state index is 12.9. The van der Waals surface area contributed by atoms with Gasteiger partial charge < -0.3 is 15.1 Å². The number of likely N-dealkylation sites (N-methyl/N-ethyl adjacent to an activating group) is 1. The number of benzene rings is 2. The minimum Gasteiger partial charge on any atom is -0.348 e. The van der Waals surface area contributed by atoms with Gasteiger partial charge in [0.25, 0.3) is 11.8 Å². The quantitative estimate of drug-likeness (QED) is 0.590. The summed E-state index contributed by atoms with van der Waals surface area (Å²) in [5, 5.41) is 5.30. The number of hydrogen-bond donors (Lipinski definition) is 2. The highest BCUT2D eigenvalue weighted by Gasteiger charge is 2.39. The second kappa shape index (κ2) is 10.2. The number of piperidine rings is 1. The fourth-order valence-corrected chi connectivity index (χ4v) is 5.10. The molecular weight excluding hydrogens is 458 g/mol. The molecule has 9 nitrogen and oxygen atoms in total. The van der Waals surface area contributed by atoms with E-state index in [9.17, 15) is 19.2 Å². The van der Waals surface area contributed by atoms with Crippen LogP contribution in [0.25, 0.3) is 0 Å². The van der Waals surface area contributed by atoms with E-state index in [1.165, 1.54) is 4.90 Å². The number of imide groups is 1. The number of nitrogens with one attached hydrogen (secondary N) is 2. The van der Waals surface area contributed by atoms with Gasteiger partial charge in [-0.3, -0.25) is 29.4 Å². The SMILES string of the molecule is CN1CCN(Cc2cccc(C(=O)NCc3ccc4c(c3)CN(C3CCC(=O)NC3=O)C4=O)c2)CC1. The highest BCUT2D eigenvalue weighted by atomic mass is 16.2. The molecule has 2 saturated heterocycles. The molecule has 0 bridgehead atoms. The second-order valence-electron chi connectivity index (χ2n) is 9.85. The molecule has 0 saturated carbocycles. The number of amides is 4. The summed E-state index contributed by atoms with van der Waals surface area (Å²) in [6, 6.07) is 12.6. The molecule has 4 amide bonds. The third-order valence-corrected chi connectivity index (χ3v) is 7.23. The minimum absolute atomic E-state index is 0.142. The van der Waals surface area contributed by atoms with Crippen LogP contribution in [0.4, 0.5) is 0 Å². The Hall–Kier alpha value is -3.56. The maximum Gasteiger partial charge on any atom is 0.255 e. The molecule has 2 aromatic rings. The maximum absolute atomic E-state index is 12.9. The first kappa shape index (κ1) is 24.1. The Balaban J connectivity index is 1.19. The topological polar surface area (TPSA) is 102 Å². The van der Waals surface area contributed by atoms with Crippen molar-refractivity contribution in [3.05, 3.63) is 70.3 Å². The summed E-state index contributed by atoms with van der Waals surface area (Å²) < 4.78 is 0. The van der Waals surface area contributed by atoms with Crippen molar-refractivity contribution in [3.63, 3.8) is 0 Å². The lowest BCUT2D eigenvalue weighted by Crippen LogP contribution is -2.52. The fraction of sp³-hybridized carbons (Fsp3) is 0.407. The van der Waals surface area contributed by atoms with Gasteiger partial charge >= 0.3 is 0 Å². The van der Waals surface area contributed by atoms with Gasteiger partial charge in [0.15, 0.2) is 0 Å². The summed E-state index contributed by atoms with van der Waals surface area (Å²) >= 11 is 0. The van der Waals surface area contributed by atoms with Gasteiger partial charge in [0.05, 0.1) is 0 Å². The van der Waals surface area contributed by atoms with E-state index in [0.717, 1.165) is 49.4 Å². The largest absolute Gasteiger partial charge is 0.348 e. The molecule has 3 aliphatic heterocycles. The van der Waals surface area contributed by atoms with Crippen LogP contribution in [-0.2, 0) is 29.2 Å². The number of fused-ring (bicyclic) bond motifs is 1. The van der Waals surface area contributed by atoms with E-state index in [4.69, 9.17) is 0 Å². The van der Waals surface area contributed by atoms with Gasteiger partial charge in [0, 0.05) is 63.4 Å². The summed E-state index contributed by atoms with van der Waals surface area (Å²) in [5.41, 5.74) is 4.02. The molecule has 0 radical (unpaired) electrons. The van der Waals surface area contributed by atoms with E-state index in [-0.39, 0.29) is 24.1 Å². The Labute approximate surface area is 210 Å². The molecule has 1 unspecified atom stereocenters. The van der Waals surface area contributed by atoms with E-state index in [1.807, 2.05) is 30.3 Å². The number of rotatable bonds is 6. The first-order valence-electron chi connectivity index (χ1n) is 12.4. The van der Waals surface area contributed by atoms with Crippen LogP contribution in [0.2, 0.25) is 0 Å². The van der Waals surface area contributed by atoms with Crippen molar-refractivity contribution in [2.24, 2.45) is 0 Å². The Bertz CT molecular complexity index is 1200. The van der Waals surface area contributed by atoms with E-state index in [2.05, 4.69) is 33.5 Å². The van der Waals surface area contributed by atoms with Crippen molar-refractivity contribution in [1.82, 2.24) is 25.3 Å². The standard InChI is InChI=1S/C27H31N5O4/c1-30-9-11-31(12-10-30)16-19-3-2-4-20(14-19)25(34)28-15-18-5-6-22-21(13-18)17-32(27(22)36)23-7-8-24(33)29-26(23)35/h2-6,13-14,23H,7-12,15-17H2,1H3,(H,28,34)(H,29,33,35). The highest BCUT2D eigenvalue weighted by molar-refractivity contribution is 6.05. The summed E-state index contributed by atoms with van der Waals surface area (Å²) in [4.78, 5) is 55.7. The van der Waals surface area contributed by atoms with Crippen LogP contribution < -0.4 is 10.6 Å². The van der Waals surface area contributed by atoms with E-state index >= 15 is 0 Å². The molecule has 0 spiro atoms. The summed E-state index contributed by atoms with van der Waals surface area (Å²) in [6.07, 6.45) is 0.561. The number of carbonyl (C=O) groups excluding carboxylic acids is 4. The van der Waals surface area contributed by atoms with Crippen molar-refractivity contribution < 1.29 is 19.2 Å². The van der Waals surface area contributed by atoms with Gasteiger partial charge in [0.2, 0.25) is 11.8 Å². The second-order valence-corrected chi connectivity index (χ2v) is 9.85. The van der Waals surface area contributed by atoms with Gasteiger partial charge in [-0.15, -0.1) is 0 Å². The van der Waals surface area contributed by atoms with Crippen molar-refractivity contribution in [2.75, 3.05) is 33.2 Å². The summed E-state index contributed by atoms with van der Waals surface area (Å²) in [7, 11) is 2.13. The Kier molecular flexibility index (Phi) is 6.84. The number of hydrogen-bond acceptors (Lipinski definition) is 6. The first-order chi connectivity index (χ1) is 17.4. The van der Waals surface area contributed by atoms with E-state index < -0.39 is 11.9 Å². The van der Waals surface area contributed by atoms with Crippen LogP contribution in [0.5, 0.6) is 0 Å². The van der Waals surface area contributed by atoms with Gasteiger partial charge in [-0.05, 0) is 48.4 Å².